The maximum atomic E-state index is 11.3. The summed E-state index contributed by atoms with van der Waals surface area (Å²) < 4.78 is 14.5. The molecule has 3 atom stereocenters. The maximum Gasteiger partial charge on any atom is 2.00 e. The molecule has 0 aliphatic carbocycles. The average molecular weight is 982 g/mol. The van der Waals surface area contributed by atoms with Crippen LogP contribution >= 0.6 is 0 Å². The van der Waals surface area contributed by atoms with Crippen molar-refractivity contribution < 1.29 is 103 Å². The predicted octanol–water partition coefficient (Wildman–Crippen LogP) is -2.65. The number of nitrogens with zero attached hydrogens (tertiary/aromatic N) is 3. The largest absolute Gasteiger partial charge is 2.00 e. The number of aliphatic hydroxyl groups excluding tert-OH is 3. The number of esters is 3. The molecule has 0 spiro atoms. The van der Waals surface area contributed by atoms with Crippen molar-refractivity contribution in [3.8, 4) is 0 Å². The van der Waals surface area contributed by atoms with E-state index in [4.69, 9.17) is 14.2 Å². The quantitative estimate of drug-likeness (QED) is 0.0358. The summed E-state index contributed by atoms with van der Waals surface area (Å²) in [5.74, 6) is -5.56. The van der Waals surface area contributed by atoms with Gasteiger partial charge in [0, 0.05) is 53.4 Å². The molecule has 3 unspecified atom stereocenters. The van der Waals surface area contributed by atoms with Gasteiger partial charge in [-0.15, -0.1) is 0 Å². The third-order valence-electron chi connectivity index (χ3n) is 8.72. The van der Waals surface area contributed by atoms with Crippen molar-refractivity contribution in [3.05, 3.63) is 126 Å². The van der Waals surface area contributed by atoms with Crippen LogP contribution in [0, 0.1) is 20.8 Å². The number of aryl methyl sites for hydroxylation is 3. The summed E-state index contributed by atoms with van der Waals surface area (Å²) in [5.41, 5.74) is 5.72. The number of carboxylic acids is 3. The Hall–Kier alpha value is -5.25. The van der Waals surface area contributed by atoms with Crippen LogP contribution in [0.25, 0.3) is 0 Å². The van der Waals surface area contributed by atoms with Crippen LogP contribution in [0.15, 0.2) is 109 Å². The number of hydrogen-bond donors (Lipinski definition) is 3. The van der Waals surface area contributed by atoms with E-state index in [1.54, 1.807) is 36.4 Å². The fourth-order valence-electron chi connectivity index (χ4n) is 5.32. The van der Waals surface area contributed by atoms with E-state index in [-0.39, 0.29) is 136 Å². The first-order chi connectivity index (χ1) is 30.9. The summed E-state index contributed by atoms with van der Waals surface area (Å²) in [4.78, 5) is 70.7. The fourth-order valence-corrected chi connectivity index (χ4v) is 5.32. The molecule has 0 aliphatic rings. The van der Waals surface area contributed by atoms with Crippen LogP contribution in [0.2, 0.25) is 0 Å². The first kappa shape index (κ1) is 68.0. The number of anilines is 3. The summed E-state index contributed by atoms with van der Waals surface area (Å²) in [6.45, 7) is 18.8. The first-order valence-corrected chi connectivity index (χ1v) is 20.4. The molecule has 0 heterocycles. The third-order valence-corrected chi connectivity index (χ3v) is 8.72. The van der Waals surface area contributed by atoms with Crippen LogP contribution in [-0.4, -0.2) is 152 Å². The summed E-state index contributed by atoms with van der Waals surface area (Å²) in [6.07, 6.45) is -3.07. The van der Waals surface area contributed by atoms with Gasteiger partial charge in [0.1, 0.15) is 38.1 Å². The number of ether oxygens (including phenoxy) is 3. The Balaban J connectivity index is -0.000000927. The molecule has 0 fully saturated rings. The molecular formula is C49H64MgN3NaO15. The minimum atomic E-state index is -1.26. The number of carbonyl (C=O) groups excluding carboxylic acids is 6. The molecule has 368 valence electrons. The van der Waals surface area contributed by atoms with Gasteiger partial charge in [-0.05, 0) is 77.9 Å². The van der Waals surface area contributed by atoms with Crippen molar-refractivity contribution in [1.82, 2.24) is 0 Å². The molecule has 18 nitrogen and oxygen atoms in total. The number of benzene rings is 3. The monoisotopic (exact) mass is 981 g/mol. The number of carbonyl (C=O) groups is 6. The van der Waals surface area contributed by atoms with Crippen molar-refractivity contribution in [2.45, 2.75) is 67.3 Å². The summed E-state index contributed by atoms with van der Waals surface area (Å²) in [5, 5.41) is 62.3. The van der Waals surface area contributed by atoms with Gasteiger partial charge in [0.2, 0.25) is 0 Å². The predicted molar refractivity (Wildman–Crippen MR) is 253 cm³/mol. The molecule has 3 aromatic rings. The third kappa shape index (κ3) is 30.1. The van der Waals surface area contributed by atoms with E-state index in [9.17, 15) is 59.4 Å². The van der Waals surface area contributed by atoms with Gasteiger partial charge in [0.25, 0.3) is 0 Å². The molecule has 3 rings (SSSR count). The van der Waals surface area contributed by atoms with Crippen LogP contribution < -0.4 is 59.6 Å². The Morgan fingerprint density at radius 2 is 0.667 bits per heavy atom. The van der Waals surface area contributed by atoms with E-state index in [1.807, 2.05) is 57.2 Å². The molecule has 0 saturated heterocycles. The molecule has 0 aromatic heterocycles. The smallest absolute Gasteiger partial charge is 0.548 e. The zero-order valence-corrected chi connectivity index (χ0v) is 43.3. The Bertz CT molecular complexity index is 1870. The van der Waals surface area contributed by atoms with E-state index in [1.165, 1.54) is 35.5 Å². The molecule has 0 bridgehead atoms. The summed E-state index contributed by atoms with van der Waals surface area (Å²) >= 11 is 0. The standard InChI is InChI=1S/3C16H21NO5.CH4.Mg.Na/c3*1-11(2)16(21)22-10-14(18)8-17(9-15(19)20)13-6-4-12(3)5-7-13;;;/h3*4-7,14,18H,1,8-10H2,2-3H3,(H,19,20);1H4;;/q;;;;+2;+1/p-3. The van der Waals surface area contributed by atoms with Crippen LogP contribution in [0.5, 0.6) is 0 Å². The molecule has 69 heavy (non-hydrogen) atoms. The molecule has 0 saturated carbocycles. The van der Waals surface area contributed by atoms with Crippen molar-refractivity contribution in [2.24, 2.45) is 0 Å². The molecule has 3 N–H and O–H groups in total. The molecule has 20 heteroatoms. The number of hydrogen-bond acceptors (Lipinski definition) is 18. The zero-order valence-electron chi connectivity index (χ0n) is 39.9. The molecule has 3 aromatic carbocycles. The Morgan fingerprint density at radius 3 is 0.826 bits per heavy atom. The van der Waals surface area contributed by atoms with Gasteiger partial charge in [0.15, 0.2) is 0 Å². The van der Waals surface area contributed by atoms with Gasteiger partial charge in [-0.1, -0.05) is 80.3 Å². The molecule has 0 radical (unpaired) electrons. The van der Waals surface area contributed by atoms with Crippen LogP contribution in [-0.2, 0) is 43.0 Å². The SMILES string of the molecule is C.C=C(C)C(=O)OCC(O)CN(CC(=O)[O-])c1ccc(C)cc1.C=C(C)C(=O)OCC(O)CN(CC(=O)[O-])c1ccc(C)cc1.C=C(C)C(=O)OCC(O)CN(CC(=O)[O-])c1ccc(C)cc1.[Mg+2].[Na+]. The van der Waals surface area contributed by atoms with Gasteiger partial charge < -0.3 is 73.9 Å². The van der Waals surface area contributed by atoms with Crippen molar-refractivity contribution >= 4 is 75.9 Å². The van der Waals surface area contributed by atoms with Crippen LogP contribution in [0.4, 0.5) is 17.1 Å². The van der Waals surface area contributed by atoms with Gasteiger partial charge in [-0.3, -0.25) is 0 Å². The number of aliphatic carboxylic acids is 3. The average Bonchev–Trinajstić information content (AvgIpc) is 3.23. The van der Waals surface area contributed by atoms with Crippen LogP contribution in [0.3, 0.4) is 0 Å². The number of rotatable bonds is 24. The Kier molecular flexibility index (Phi) is 35.3. The summed E-state index contributed by atoms with van der Waals surface area (Å²) in [7, 11) is 0. The van der Waals surface area contributed by atoms with Crippen LogP contribution in [0.1, 0.15) is 44.9 Å². The maximum absolute atomic E-state index is 11.3. The summed E-state index contributed by atoms with van der Waals surface area (Å²) in [6, 6.07) is 21.6. The van der Waals surface area contributed by atoms with Gasteiger partial charge in [-0.2, -0.15) is 0 Å². The van der Waals surface area contributed by atoms with Crippen molar-refractivity contribution in [1.29, 1.82) is 0 Å². The molecule has 0 aliphatic heterocycles. The second kappa shape index (κ2) is 35.8. The van der Waals surface area contributed by atoms with E-state index >= 15 is 0 Å². The van der Waals surface area contributed by atoms with E-state index in [2.05, 4.69) is 19.7 Å². The Morgan fingerprint density at radius 1 is 0.478 bits per heavy atom. The molecule has 0 amide bonds. The van der Waals surface area contributed by atoms with E-state index < -0.39 is 54.1 Å². The fraction of sp³-hybridized carbons (Fsp3) is 0.388. The first-order valence-electron chi connectivity index (χ1n) is 20.4. The van der Waals surface area contributed by atoms with Gasteiger partial charge >= 0.3 is 70.5 Å². The molecular weight excluding hydrogens is 918 g/mol. The number of carboxylic acid groups (broad SMARTS) is 3. The van der Waals surface area contributed by atoms with Crippen molar-refractivity contribution in [2.75, 3.05) is 73.8 Å². The van der Waals surface area contributed by atoms with Gasteiger partial charge in [-0.25, -0.2) is 14.4 Å². The van der Waals surface area contributed by atoms with E-state index in [0.717, 1.165) is 16.7 Å². The minimum absolute atomic E-state index is 0. The second-order valence-electron chi connectivity index (χ2n) is 15.4. The topological polar surface area (TPSA) is 270 Å². The Labute approximate surface area is 443 Å². The van der Waals surface area contributed by atoms with Gasteiger partial charge in [0.05, 0.1) is 37.5 Å². The second-order valence-corrected chi connectivity index (χ2v) is 15.4. The zero-order chi connectivity index (χ0) is 50.1. The van der Waals surface area contributed by atoms with Crippen molar-refractivity contribution in [3.63, 3.8) is 0 Å². The minimum Gasteiger partial charge on any atom is -0.548 e. The van der Waals surface area contributed by atoms with E-state index in [0.29, 0.717) is 17.1 Å². The number of aliphatic hydroxyl groups is 3. The normalized spacial score (nSPS) is 11.1.